The molecule has 3 N–H and O–H groups in total. The number of amides is 2. The van der Waals surface area contributed by atoms with Crippen LogP contribution in [0.3, 0.4) is 0 Å². The second kappa shape index (κ2) is 11.3. The first-order valence-electron chi connectivity index (χ1n) is 12.6. The van der Waals surface area contributed by atoms with Gasteiger partial charge in [0.2, 0.25) is 5.91 Å². The SMILES string of the molecule is CNC(=O)c1ccc2c(C)cn(C(C)C(=O)Nc3cc(Cc4cnn(C)c4)ccc3CCCC(=O)O)c2c1. The van der Waals surface area contributed by atoms with E-state index in [1.165, 1.54) is 0 Å². The van der Waals surface area contributed by atoms with Gasteiger partial charge in [-0.05, 0) is 67.1 Å². The summed E-state index contributed by atoms with van der Waals surface area (Å²) >= 11 is 0. The lowest BCUT2D eigenvalue weighted by atomic mass is 10.0. The molecule has 0 aliphatic rings. The van der Waals surface area contributed by atoms with Crippen LogP contribution >= 0.6 is 0 Å². The zero-order valence-corrected chi connectivity index (χ0v) is 22.1. The molecular weight excluding hydrogens is 482 g/mol. The minimum Gasteiger partial charge on any atom is -0.481 e. The number of carboxylic acid groups (broad SMARTS) is 1. The van der Waals surface area contributed by atoms with Crippen molar-refractivity contribution in [2.24, 2.45) is 7.05 Å². The molecule has 9 heteroatoms. The number of anilines is 1. The van der Waals surface area contributed by atoms with E-state index in [9.17, 15) is 14.4 Å². The highest BCUT2D eigenvalue weighted by molar-refractivity contribution is 6.00. The Morgan fingerprint density at radius 2 is 1.87 bits per heavy atom. The lowest BCUT2D eigenvalue weighted by molar-refractivity contribution is -0.137. The maximum absolute atomic E-state index is 13.5. The molecule has 1 unspecified atom stereocenters. The molecule has 2 aromatic carbocycles. The van der Waals surface area contributed by atoms with Crippen molar-refractivity contribution >= 4 is 34.4 Å². The van der Waals surface area contributed by atoms with Crippen molar-refractivity contribution in [3.63, 3.8) is 0 Å². The van der Waals surface area contributed by atoms with Gasteiger partial charge in [0.1, 0.15) is 6.04 Å². The fourth-order valence-corrected chi connectivity index (χ4v) is 4.69. The van der Waals surface area contributed by atoms with E-state index >= 15 is 0 Å². The van der Waals surface area contributed by atoms with Gasteiger partial charge >= 0.3 is 5.97 Å². The van der Waals surface area contributed by atoms with Crippen LogP contribution < -0.4 is 10.6 Å². The van der Waals surface area contributed by atoms with Crippen molar-refractivity contribution in [1.82, 2.24) is 19.7 Å². The van der Waals surface area contributed by atoms with Gasteiger partial charge in [-0.1, -0.05) is 18.2 Å². The highest BCUT2D eigenvalue weighted by Crippen LogP contribution is 2.28. The van der Waals surface area contributed by atoms with Crippen molar-refractivity contribution < 1.29 is 19.5 Å². The summed E-state index contributed by atoms with van der Waals surface area (Å²) in [6, 6.07) is 10.8. The van der Waals surface area contributed by atoms with Crippen LogP contribution in [0.15, 0.2) is 55.0 Å². The monoisotopic (exact) mass is 515 g/mol. The number of fused-ring (bicyclic) bond motifs is 1. The van der Waals surface area contributed by atoms with Crippen molar-refractivity contribution in [2.75, 3.05) is 12.4 Å². The number of aryl methyl sites for hydroxylation is 3. The Balaban J connectivity index is 1.62. The molecule has 4 rings (SSSR count). The van der Waals surface area contributed by atoms with E-state index in [4.69, 9.17) is 5.11 Å². The van der Waals surface area contributed by atoms with E-state index in [0.29, 0.717) is 30.5 Å². The molecule has 2 heterocycles. The summed E-state index contributed by atoms with van der Waals surface area (Å²) in [4.78, 5) is 36.8. The molecule has 0 saturated carbocycles. The molecule has 2 amide bonds. The zero-order valence-electron chi connectivity index (χ0n) is 22.1. The molecule has 0 aliphatic carbocycles. The van der Waals surface area contributed by atoms with E-state index in [0.717, 1.165) is 33.2 Å². The lowest BCUT2D eigenvalue weighted by Crippen LogP contribution is -2.24. The van der Waals surface area contributed by atoms with Crippen LogP contribution in [0, 0.1) is 6.92 Å². The molecule has 9 nitrogen and oxygen atoms in total. The fourth-order valence-electron chi connectivity index (χ4n) is 4.69. The smallest absolute Gasteiger partial charge is 0.303 e. The summed E-state index contributed by atoms with van der Waals surface area (Å²) in [5.74, 6) is -1.24. The molecule has 0 aliphatic heterocycles. The Hall–Kier alpha value is -4.40. The highest BCUT2D eigenvalue weighted by Gasteiger charge is 2.20. The van der Waals surface area contributed by atoms with Gasteiger partial charge in [0, 0.05) is 61.5 Å². The molecule has 2 aromatic heterocycles. The first-order chi connectivity index (χ1) is 18.2. The molecule has 0 radical (unpaired) electrons. The topological polar surface area (TPSA) is 118 Å². The third-order valence-corrected chi connectivity index (χ3v) is 6.75. The van der Waals surface area contributed by atoms with Crippen LogP contribution in [0.2, 0.25) is 0 Å². The van der Waals surface area contributed by atoms with E-state index in [-0.39, 0.29) is 18.2 Å². The van der Waals surface area contributed by atoms with Gasteiger partial charge in [-0.15, -0.1) is 0 Å². The predicted molar refractivity (Wildman–Crippen MR) is 146 cm³/mol. The van der Waals surface area contributed by atoms with E-state index < -0.39 is 12.0 Å². The summed E-state index contributed by atoms with van der Waals surface area (Å²) < 4.78 is 3.63. The van der Waals surface area contributed by atoms with E-state index in [1.807, 2.05) is 68.3 Å². The maximum atomic E-state index is 13.5. The van der Waals surface area contributed by atoms with Crippen molar-refractivity contribution in [3.05, 3.63) is 82.8 Å². The van der Waals surface area contributed by atoms with Gasteiger partial charge in [0.25, 0.3) is 5.91 Å². The zero-order chi connectivity index (χ0) is 27.4. The van der Waals surface area contributed by atoms with Crippen LogP contribution in [-0.2, 0) is 29.5 Å². The maximum Gasteiger partial charge on any atom is 0.303 e. The molecule has 0 bridgehead atoms. The van der Waals surface area contributed by atoms with E-state index in [2.05, 4.69) is 15.7 Å². The number of hydrogen-bond acceptors (Lipinski definition) is 4. The van der Waals surface area contributed by atoms with Crippen LogP contribution in [0.25, 0.3) is 10.9 Å². The van der Waals surface area contributed by atoms with Gasteiger partial charge < -0.3 is 20.3 Å². The van der Waals surface area contributed by atoms with Gasteiger partial charge in [-0.25, -0.2) is 0 Å². The van der Waals surface area contributed by atoms with Crippen LogP contribution in [0.1, 0.15) is 58.4 Å². The van der Waals surface area contributed by atoms with Crippen LogP contribution in [-0.4, -0.2) is 44.3 Å². The average Bonchev–Trinajstić information content (AvgIpc) is 3.45. The Morgan fingerprint density at radius 1 is 1.08 bits per heavy atom. The molecule has 1 atom stereocenters. The fraction of sp³-hybridized carbons (Fsp3) is 0.310. The number of rotatable bonds is 10. The third kappa shape index (κ3) is 5.94. The summed E-state index contributed by atoms with van der Waals surface area (Å²) in [6.45, 7) is 3.80. The molecule has 198 valence electrons. The Morgan fingerprint density at radius 3 is 2.55 bits per heavy atom. The molecule has 4 aromatic rings. The Labute approximate surface area is 221 Å². The van der Waals surface area contributed by atoms with Crippen molar-refractivity contribution in [2.45, 2.75) is 45.6 Å². The van der Waals surface area contributed by atoms with Crippen LogP contribution in [0.4, 0.5) is 5.69 Å². The number of carbonyl (C=O) groups is 3. The van der Waals surface area contributed by atoms with Crippen molar-refractivity contribution in [1.29, 1.82) is 0 Å². The molecular formula is C29H33N5O4. The van der Waals surface area contributed by atoms with Crippen LogP contribution in [0.5, 0.6) is 0 Å². The standard InChI is InChI=1S/C29H33N5O4/c1-18-16-34(26-14-23(29(38)30-3)10-11-24(18)26)19(2)28(37)32-25-13-20(12-21-15-31-33(4)17-21)8-9-22(25)6-5-7-27(35)36/h8-11,13-17,19H,5-7,12H2,1-4H3,(H,30,38)(H,32,37)(H,35,36). The normalized spacial score (nSPS) is 11.9. The van der Waals surface area contributed by atoms with Crippen molar-refractivity contribution in [3.8, 4) is 0 Å². The molecule has 0 saturated heterocycles. The van der Waals surface area contributed by atoms with Gasteiger partial charge in [-0.2, -0.15) is 5.10 Å². The quantitative estimate of drug-likeness (QED) is 0.292. The second-order valence-electron chi connectivity index (χ2n) is 9.63. The summed E-state index contributed by atoms with van der Waals surface area (Å²) in [5, 5.41) is 20.0. The Kier molecular flexibility index (Phi) is 7.95. The Bertz CT molecular complexity index is 1500. The molecule has 38 heavy (non-hydrogen) atoms. The largest absolute Gasteiger partial charge is 0.481 e. The minimum atomic E-state index is -0.844. The second-order valence-corrected chi connectivity index (χ2v) is 9.63. The summed E-state index contributed by atoms with van der Waals surface area (Å²) in [7, 11) is 3.45. The molecule has 0 fully saturated rings. The number of nitrogens with one attached hydrogen (secondary N) is 2. The highest BCUT2D eigenvalue weighted by atomic mass is 16.4. The number of carbonyl (C=O) groups excluding carboxylic acids is 2. The minimum absolute atomic E-state index is 0.0591. The third-order valence-electron chi connectivity index (χ3n) is 6.75. The summed E-state index contributed by atoms with van der Waals surface area (Å²) in [5.41, 5.74) is 5.97. The number of aliphatic carboxylic acids is 1. The number of hydrogen-bond donors (Lipinski definition) is 3. The number of benzene rings is 2. The van der Waals surface area contributed by atoms with Gasteiger partial charge in [-0.3, -0.25) is 19.1 Å². The number of aromatic nitrogens is 3. The average molecular weight is 516 g/mol. The number of carboxylic acids is 1. The molecule has 0 spiro atoms. The first kappa shape index (κ1) is 26.7. The predicted octanol–water partition coefficient (Wildman–Crippen LogP) is 4.24. The first-order valence-corrected chi connectivity index (χ1v) is 12.6. The van der Waals surface area contributed by atoms with Gasteiger partial charge in [0.15, 0.2) is 0 Å². The van der Waals surface area contributed by atoms with Gasteiger partial charge in [0.05, 0.1) is 6.20 Å². The van der Waals surface area contributed by atoms with E-state index in [1.54, 1.807) is 23.9 Å². The summed E-state index contributed by atoms with van der Waals surface area (Å²) in [6.07, 6.45) is 7.41. The number of nitrogens with zero attached hydrogens (tertiary/aromatic N) is 3. The lowest BCUT2D eigenvalue weighted by Gasteiger charge is -2.18.